The highest BCUT2D eigenvalue weighted by molar-refractivity contribution is 5.98. The molecule has 1 amide bonds. The van der Waals surface area contributed by atoms with Gasteiger partial charge in [0.15, 0.2) is 17.4 Å². The molecule has 0 heterocycles. The highest BCUT2D eigenvalue weighted by Crippen LogP contribution is 2.17. The Labute approximate surface area is 103 Å². The molecule has 0 aliphatic carbocycles. The molecule has 1 unspecified atom stereocenters. The molecular weight excluding hydrogens is 241 g/mol. The Balaban J connectivity index is 2.82. The van der Waals surface area contributed by atoms with Gasteiger partial charge in [-0.1, -0.05) is 5.16 Å². The number of amidine groups is 1. The molecule has 6 nitrogen and oxygen atoms in total. The average Bonchev–Trinajstić information content (AvgIpc) is 2.37. The molecule has 0 bridgehead atoms. The van der Waals surface area contributed by atoms with Crippen LogP contribution in [0, 0.1) is 5.82 Å². The minimum absolute atomic E-state index is 0.0519. The summed E-state index contributed by atoms with van der Waals surface area (Å²) in [5.41, 5.74) is 5.43. The fourth-order valence-corrected chi connectivity index (χ4v) is 1.25. The molecule has 0 spiro atoms. The lowest BCUT2D eigenvalue weighted by Gasteiger charge is -2.12. The summed E-state index contributed by atoms with van der Waals surface area (Å²) in [5, 5.41) is 13.7. The molecule has 0 saturated heterocycles. The molecule has 1 rings (SSSR count). The topological polar surface area (TPSA) is 96.9 Å². The third-order valence-corrected chi connectivity index (χ3v) is 2.32. The number of nitrogens with zero attached hydrogens (tertiary/aromatic N) is 1. The standard InChI is InChI=1S/C11H14FN3O3/c1-6(10(13)15-17)14-11(16)7-3-4-9(18-2)8(12)5-7/h3-6,17H,1-2H3,(H2,13,15)(H,14,16). The number of carbonyl (C=O) groups excluding carboxylic acids is 1. The van der Waals surface area contributed by atoms with Crippen LogP contribution in [0.5, 0.6) is 5.75 Å². The summed E-state index contributed by atoms with van der Waals surface area (Å²) in [7, 11) is 1.33. The van der Waals surface area contributed by atoms with E-state index in [1.54, 1.807) is 0 Å². The van der Waals surface area contributed by atoms with E-state index in [0.717, 1.165) is 6.07 Å². The molecule has 0 radical (unpaired) electrons. The quantitative estimate of drug-likeness (QED) is 0.319. The number of amides is 1. The Kier molecular flexibility index (Phi) is 4.47. The van der Waals surface area contributed by atoms with Crippen LogP contribution in [0.15, 0.2) is 23.4 Å². The Bertz CT molecular complexity index is 477. The van der Waals surface area contributed by atoms with Crippen LogP contribution in [0.3, 0.4) is 0 Å². The molecule has 4 N–H and O–H groups in total. The zero-order valence-corrected chi connectivity index (χ0v) is 9.98. The van der Waals surface area contributed by atoms with Gasteiger partial charge in [-0.2, -0.15) is 0 Å². The van der Waals surface area contributed by atoms with Crippen LogP contribution in [0.4, 0.5) is 4.39 Å². The van der Waals surface area contributed by atoms with Crippen molar-refractivity contribution in [3.8, 4) is 5.75 Å². The average molecular weight is 255 g/mol. The minimum atomic E-state index is -0.660. The van der Waals surface area contributed by atoms with E-state index in [1.165, 1.54) is 26.2 Å². The molecule has 1 aromatic carbocycles. The van der Waals surface area contributed by atoms with Crippen molar-refractivity contribution in [3.63, 3.8) is 0 Å². The second-order valence-corrected chi connectivity index (χ2v) is 3.57. The second-order valence-electron chi connectivity index (χ2n) is 3.57. The molecule has 0 aliphatic heterocycles. The van der Waals surface area contributed by atoms with Gasteiger partial charge in [0.2, 0.25) is 0 Å². The van der Waals surface area contributed by atoms with Gasteiger partial charge in [0.05, 0.1) is 13.2 Å². The van der Waals surface area contributed by atoms with E-state index in [9.17, 15) is 9.18 Å². The number of hydrogen-bond donors (Lipinski definition) is 3. The summed E-state index contributed by atoms with van der Waals surface area (Å²) < 4.78 is 18.1. The molecule has 0 aliphatic rings. The van der Waals surface area contributed by atoms with Gasteiger partial charge in [0.1, 0.15) is 0 Å². The first kappa shape index (κ1) is 13.8. The van der Waals surface area contributed by atoms with Crippen LogP contribution in [-0.2, 0) is 0 Å². The van der Waals surface area contributed by atoms with Gasteiger partial charge in [0, 0.05) is 5.56 Å². The number of rotatable bonds is 4. The number of ether oxygens (including phenoxy) is 1. The van der Waals surface area contributed by atoms with E-state index < -0.39 is 17.8 Å². The number of carbonyl (C=O) groups is 1. The first-order chi connectivity index (χ1) is 8.49. The van der Waals surface area contributed by atoms with Crippen LogP contribution in [0.1, 0.15) is 17.3 Å². The molecule has 0 saturated carbocycles. The van der Waals surface area contributed by atoms with E-state index in [1.807, 2.05) is 0 Å². The van der Waals surface area contributed by atoms with E-state index in [4.69, 9.17) is 15.7 Å². The van der Waals surface area contributed by atoms with Crippen molar-refractivity contribution in [2.45, 2.75) is 13.0 Å². The number of benzene rings is 1. The summed E-state index contributed by atoms with van der Waals surface area (Å²) in [6.07, 6.45) is 0. The molecular formula is C11H14FN3O3. The van der Waals surface area contributed by atoms with E-state index in [0.29, 0.717) is 0 Å². The highest BCUT2D eigenvalue weighted by atomic mass is 19.1. The van der Waals surface area contributed by atoms with Crippen LogP contribution in [0.25, 0.3) is 0 Å². The van der Waals surface area contributed by atoms with Gasteiger partial charge in [-0.15, -0.1) is 0 Å². The molecule has 1 atom stereocenters. The van der Waals surface area contributed by atoms with E-state index >= 15 is 0 Å². The van der Waals surface area contributed by atoms with Gasteiger partial charge in [-0.05, 0) is 25.1 Å². The molecule has 98 valence electrons. The fourth-order valence-electron chi connectivity index (χ4n) is 1.25. The molecule has 7 heteroatoms. The van der Waals surface area contributed by atoms with Crippen molar-refractivity contribution in [1.82, 2.24) is 5.32 Å². The number of halogens is 1. The van der Waals surface area contributed by atoms with Crippen molar-refractivity contribution in [3.05, 3.63) is 29.6 Å². The van der Waals surface area contributed by atoms with Gasteiger partial charge in [0.25, 0.3) is 5.91 Å². The van der Waals surface area contributed by atoms with Crippen molar-refractivity contribution >= 4 is 11.7 Å². The van der Waals surface area contributed by atoms with Crippen molar-refractivity contribution in [2.75, 3.05) is 7.11 Å². The number of nitrogens with one attached hydrogen (secondary N) is 1. The molecule has 0 aromatic heterocycles. The van der Waals surface area contributed by atoms with E-state index in [2.05, 4.69) is 10.5 Å². The Morgan fingerprint density at radius 1 is 1.61 bits per heavy atom. The number of methoxy groups -OCH3 is 1. The number of nitrogens with two attached hydrogens (primary N) is 1. The summed E-state index contributed by atoms with van der Waals surface area (Å²) >= 11 is 0. The number of oxime groups is 1. The smallest absolute Gasteiger partial charge is 0.251 e. The third kappa shape index (κ3) is 3.09. The SMILES string of the molecule is COc1ccc(C(=O)NC(C)C(N)=NO)cc1F. The van der Waals surface area contributed by atoms with Crippen LogP contribution in [-0.4, -0.2) is 30.1 Å². The van der Waals surface area contributed by atoms with Crippen LogP contribution >= 0.6 is 0 Å². The minimum Gasteiger partial charge on any atom is -0.494 e. The fraction of sp³-hybridized carbons (Fsp3) is 0.273. The van der Waals surface area contributed by atoms with Crippen molar-refractivity contribution in [1.29, 1.82) is 0 Å². The summed E-state index contributed by atoms with van der Waals surface area (Å²) in [4.78, 5) is 11.7. The lowest BCUT2D eigenvalue weighted by Crippen LogP contribution is -2.42. The highest BCUT2D eigenvalue weighted by Gasteiger charge is 2.14. The van der Waals surface area contributed by atoms with Crippen LogP contribution in [0.2, 0.25) is 0 Å². The molecule has 1 aromatic rings. The molecule has 0 fully saturated rings. The third-order valence-electron chi connectivity index (χ3n) is 2.32. The molecule has 18 heavy (non-hydrogen) atoms. The van der Waals surface area contributed by atoms with Crippen LogP contribution < -0.4 is 15.8 Å². The summed E-state index contributed by atoms with van der Waals surface area (Å²) in [5.74, 6) is -1.26. The first-order valence-electron chi connectivity index (χ1n) is 5.11. The Hall–Kier alpha value is -2.31. The Morgan fingerprint density at radius 2 is 2.28 bits per heavy atom. The zero-order valence-electron chi connectivity index (χ0n) is 9.98. The monoisotopic (exact) mass is 255 g/mol. The lowest BCUT2D eigenvalue weighted by atomic mass is 10.2. The largest absolute Gasteiger partial charge is 0.494 e. The first-order valence-corrected chi connectivity index (χ1v) is 5.11. The second kappa shape index (κ2) is 5.85. The maximum atomic E-state index is 13.4. The predicted octanol–water partition coefficient (Wildman–Crippen LogP) is 0.699. The Morgan fingerprint density at radius 3 is 2.78 bits per heavy atom. The van der Waals surface area contributed by atoms with Crippen molar-refractivity contribution in [2.24, 2.45) is 10.9 Å². The summed E-state index contributed by atoms with van der Waals surface area (Å²) in [6, 6.07) is 3.15. The summed E-state index contributed by atoms with van der Waals surface area (Å²) in [6.45, 7) is 1.53. The zero-order chi connectivity index (χ0) is 13.7. The maximum absolute atomic E-state index is 13.4. The normalized spacial score (nSPS) is 12.9. The maximum Gasteiger partial charge on any atom is 0.251 e. The van der Waals surface area contributed by atoms with Gasteiger partial charge < -0.3 is 21.0 Å². The van der Waals surface area contributed by atoms with Gasteiger partial charge in [-0.25, -0.2) is 4.39 Å². The number of hydrogen-bond acceptors (Lipinski definition) is 4. The predicted molar refractivity (Wildman–Crippen MR) is 63.3 cm³/mol. The van der Waals surface area contributed by atoms with Gasteiger partial charge in [-0.3, -0.25) is 4.79 Å². The van der Waals surface area contributed by atoms with Crippen molar-refractivity contribution < 1.29 is 19.1 Å². The van der Waals surface area contributed by atoms with E-state index in [-0.39, 0.29) is 17.1 Å². The van der Waals surface area contributed by atoms with Gasteiger partial charge >= 0.3 is 0 Å². The lowest BCUT2D eigenvalue weighted by molar-refractivity contribution is 0.0948.